The second-order valence-electron chi connectivity index (χ2n) is 7.82. The third-order valence-electron chi connectivity index (χ3n) is 5.85. The SMILES string of the molecule is Cc1nc(C2CCCN(C(=O)C3CC(O)C3)C2)oc1C(=O)N1CCOCC1. The molecule has 8 heteroatoms. The van der Waals surface area contributed by atoms with Crippen molar-refractivity contribution in [3.05, 3.63) is 17.3 Å². The number of aromatic nitrogens is 1. The Morgan fingerprint density at radius 2 is 1.89 bits per heavy atom. The Hall–Kier alpha value is -1.93. The number of nitrogens with zero attached hydrogens (tertiary/aromatic N) is 3. The van der Waals surface area contributed by atoms with E-state index in [1.165, 1.54) is 0 Å². The lowest BCUT2D eigenvalue weighted by atomic mass is 9.81. The molecule has 3 heterocycles. The van der Waals surface area contributed by atoms with Crippen LogP contribution in [0.5, 0.6) is 0 Å². The van der Waals surface area contributed by atoms with E-state index < -0.39 is 0 Å². The van der Waals surface area contributed by atoms with Crippen LogP contribution in [0, 0.1) is 12.8 Å². The number of carbonyl (C=O) groups is 2. The smallest absolute Gasteiger partial charge is 0.291 e. The van der Waals surface area contributed by atoms with Crippen molar-refractivity contribution >= 4 is 11.8 Å². The van der Waals surface area contributed by atoms with Crippen molar-refractivity contribution in [3.8, 4) is 0 Å². The molecule has 1 N–H and O–H groups in total. The highest BCUT2D eigenvalue weighted by molar-refractivity contribution is 5.92. The number of carbonyl (C=O) groups excluding carboxylic acids is 2. The third kappa shape index (κ3) is 3.73. The molecule has 1 aliphatic carbocycles. The number of oxazole rings is 1. The molecular weight excluding hydrogens is 350 g/mol. The van der Waals surface area contributed by atoms with Crippen LogP contribution in [0.2, 0.25) is 0 Å². The highest BCUT2D eigenvalue weighted by Crippen LogP contribution is 2.33. The highest BCUT2D eigenvalue weighted by atomic mass is 16.5. The molecule has 2 aliphatic heterocycles. The summed E-state index contributed by atoms with van der Waals surface area (Å²) in [4.78, 5) is 33.4. The highest BCUT2D eigenvalue weighted by Gasteiger charge is 2.38. The summed E-state index contributed by atoms with van der Waals surface area (Å²) in [5.41, 5.74) is 0.604. The summed E-state index contributed by atoms with van der Waals surface area (Å²) in [6.45, 7) is 5.31. The molecule has 1 atom stereocenters. The number of likely N-dealkylation sites (tertiary alicyclic amines) is 1. The number of rotatable bonds is 3. The second kappa shape index (κ2) is 7.59. The fourth-order valence-corrected chi connectivity index (χ4v) is 4.13. The molecule has 1 aromatic rings. The summed E-state index contributed by atoms with van der Waals surface area (Å²) in [5, 5.41) is 9.45. The first kappa shape index (κ1) is 18.4. The van der Waals surface area contributed by atoms with E-state index in [9.17, 15) is 14.7 Å². The molecule has 1 aromatic heterocycles. The third-order valence-corrected chi connectivity index (χ3v) is 5.85. The zero-order valence-electron chi connectivity index (χ0n) is 15.7. The van der Waals surface area contributed by atoms with Crippen molar-refractivity contribution in [1.29, 1.82) is 0 Å². The van der Waals surface area contributed by atoms with E-state index in [-0.39, 0.29) is 29.8 Å². The van der Waals surface area contributed by atoms with Crippen LogP contribution in [-0.2, 0) is 9.53 Å². The summed E-state index contributed by atoms with van der Waals surface area (Å²) >= 11 is 0. The lowest BCUT2D eigenvalue weighted by molar-refractivity contribution is -0.143. The van der Waals surface area contributed by atoms with E-state index >= 15 is 0 Å². The molecule has 3 fully saturated rings. The van der Waals surface area contributed by atoms with Crippen LogP contribution < -0.4 is 0 Å². The fraction of sp³-hybridized carbons (Fsp3) is 0.737. The lowest BCUT2D eigenvalue weighted by Gasteiger charge is -2.38. The van der Waals surface area contributed by atoms with Crippen LogP contribution in [0.3, 0.4) is 0 Å². The Morgan fingerprint density at radius 1 is 1.15 bits per heavy atom. The number of morpholine rings is 1. The van der Waals surface area contributed by atoms with Crippen LogP contribution in [0.25, 0.3) is 0 Å². The Labute approximate surface area is 158 Å². The number of amides is 2. The van der Waals surface area contributed by atoms with E-state index in [0.717, 1.165) is 19.4 Å². The lowest BCUT2D eigenvalue weighted by Crippen LogP contribution is -2.47. The summed E-state index contributed by atoms with van der Waals surface area (Å²) in [5.74, 6) is 0.800. The summed E-state index contributed by atoms with van der Waals surface area (Å²) < 4.78 is 11.2. The molecule has 0 spiro atoms. The number of aliphatic hydroxyl groups is 1. The molecule has 1 unspecified atom stereocenters. The van der Waals surface area contributed by atoms with Crippen molar-refractivity contribution in [1.82, 2.24) is 14.8 Å². The molecule has 148 valence electrons. The predicted octanol–water partition coefficient (Wildman–Crippen LogP) is 0.932. The van der Waals surface area contributed by atoms with Crippen molar-refractivity contribution < 1.29 is 23.8 Å². The monoisotopic (exact) mass is 377 g/mol. The van der Waals surface area contributed by atoms with Gasteiger partial charge in [-0.25, -0.2) is 4.98 Å². The molecule has 0 aromatic carbocycles. The van der Waals surface area contributed by atoms with Gasteiger partial charge in [0.25, 0.3) is 5.91 Å². The van der Waals surface area contributed by atoms with Crippen LogP contribution in [-0.4, -0.2) is 77.2 Å². The van der Waals surface area contributed by atoms with Crippen molar-refractivity contribution in [2.45, 2.75) is 44.6 Å². The largest absolute Gasteiger partial charge is 0.435 e. The first-order valence-corrected chi connectivity index (χ1v) is 9.84. The molecule has 0 radical (unpaired) electrons. The number of hydrogen-bond donors (Lipinski definition) is 1. The van der Waals surface area contributed by atoms with Gasteiger partial charge < -0.3 is 24.1 Å². The van der Waals surface area contributed by atoms with Gasteiger partial charge in [0, 0.05) is 32.1 Å². The van der Waals surface area contributed by atoms with E-state index in [4.69, 9.17) is 9.15 Å². The van der Waals surface area contributed by atoms with E-state index in [0.29, 0.717) is 63.0 Å². The number of aliphatic hydroxyl groups excluding tert-OH is 1. The van der Waals surface area contributed by atoms with Gasteiger partial charge in [0.2, 0.25) is 11.7 Å². The molecule has 27 heavy (non-hydrogen) atoms. The fourth-order valence-electron chi connectivity index (χ4n) is 4.13. The van der Waals surface area contributed by atoms with E-state index in [1.54, 1.807) is 11.8 Å². The Bertz CT molecular complexity index is 706. The second-order valence-corrected chi connectivity index (χ2v) is 7.82. The van der Waals surface area contributed by atoms with Gasteiger partial charge in [-0.05, 0) is 32.6 Å². The zero-order chi connectivity index (χ0) is 19.0. The van der Waals surface area contributed by atoms with Gasteiger partial charge in [-0.2, -0.15) is 0 Å². The van der Waals surface area contributed by atoms with Gasteiger partial charge in [0.1, 0.15) is 0 Å². The van der Waals surface area contributed by atoms with E-state index in [1.807, 2.05) is 4.90 Å². The summed E-state index contributed by atoms with van der Waals surface area (Å²) in [7, 11) is 0. The maximum atomic E-state index is 12.7. The van der Waals surface area contributed by atoms with Crippen molar-refractivity contribution in [2.24, 2.45) is 5.92 Å². The van der Waals surface area contributed by atoms with Crippen LogP contribution in [0.4, 0.5) is 0 Å². The number of piperidine rings is 1. The average Bonchev–Trinajstić information content (AvgIpc) is 3.07. The van der Waals surface area contributed by atoms with Crippen LogP contribution in [0.1, 0.15) is 53.7 Å². The van der Waals surface area contributed by atoms with E-state index in [2.05, 4.69) is 4.98 Å². The first-order chi connectivity index (χ1) is 13.0. The normalized spacial score (nSPS) is 28.7. The minimum absolute atomic E-state index is 0.0117. The van der Waals surface area contributed by atoms with Crippen LogP contribution in [0.15, 0.2) is 4.42 Å². The Kier molecular flexibility index (Phi) is 5.19. The quantitative estimate of drug-likeness (QED) is 0.842. The standard InChI is InChI=1S/C19H27N3O5/c1-12-16(19(25)21-5-7-26-8-6-21)27-17(20-12)13-3-2-4-22(11-13)18(24)14-9-15(23)10-14/h13-15,23H,2-11H2,1H3. The molecular formula is C19H27N3O5. The van der Waals surface area contributed by atoms with Gasteiger partial charge in [-0.3, -0.25) is 9.59 Å². The maximum Gasteiger partial charge on any atom is 0.291 e. The number of aryl methyl sites for hydroxylation is 1. The average molecular weight is 377 g/mol. The number of ether oxygens (including phenoxy) is 1. The number of hydrogen-bond acceptors (Lipinski definition) is 6. The molecule has 4 rings (SSSR count). The summed E-state index contributed by atoms with van der Waals surface area (Å²) in [6.07, 6.45) is 2.58. The Balaban J connectivity index is 1.43. The maximum absolute atomic E-state index is 12.7. The molecule has 1 saturated carbocycles. The van der Waals surface area contributed by atoms with Gasteiger partial charge in [-0.15, -0.1) is 0 Å². The van der Waals surface area contributed by atoms with Crippen LogP contribution >= 0.6 is 0 Å². The molecule has 8 nitrogen and oxygen atoms in total. The zero-order valence-corrected chi connectivity index (χ0v) is 15.7. The van der Waals surface area contributed by atoms with Crippen molar-refractivity contribution in [3.63, 3.8) is 0 Å². The minimum atomic E-state index is -0.331. The Morgan fingerprint density at radius 3 is 2.59 bits per heavy atom. The molecule has 2 saturated heterocycles. The van der Waals surface area contributed by atoms with Gasteiger partial charge in [0.15, 0.2) is 5.89 Å². The minimum Gasteiger partial charge on any atom is -0.435 e. The molecule has 0 bridgehead atoms. The van der Waals surface area contributed by atoms with Gasteiger partial charge >= 0.3 is 0 Å². The molecule has 2 amide bonds. The van der Waals surface area contributed by atoms with Gasteiger partial charge in [0.05, 0.1) is 30.9 Å². The van der Waals surface area contributed by atoms with Gasteiger partial charge in [-0.1, -0.05) is 0 Å². The first-order valence-electron chi connectivity index (χ1n) is 9.84. The van der Waals surface area contributed by atoms with Crippen molar-refractivity contribution in [2.75, 3.05) is 39.4 Å². The summed E-state index contributed by atoms with van der Waals surface area (Å²) in [6, 6.07) is 0. The topological polar surface area (TPSA) is 96.1 Å². The predicted molar refractivity (Wildman–Crippen MR) is 95.2 cm³/mol. The molecule has 3 aliphatic rings.